The Kier molecular flexibility index (Phi) is 33.9. The number of carbonyl (C=O) groups is 2. The number of rotatable bonds is 14. The predicted octanol–water partition coefficient (Wildman–Crippen LogP) is 9.23. The van der Waals surface area contributed by atoms with Crippen molar-refractivity contribution < 1.29 is 39.5 Å². The number of alkyl halides is 4. The molecule has 24 heteroatoms. The van der Waals surface area contributed by atoms with Crippen LogP contribution in [0.2, 0.25) is 0 Å². The van der Waals surface area contributed by atoms with Crippen LogP contribution < -0.4 is 0 Å². The van der Waals surface area contributed by atoms with Gasteiger partial charge in [-0.25, -0.2) is 14.6 Å². The van der Waals surface area contributed by atoms with Crippen molar-refractivity contribution in [2.24, 2.45) is 10.2 Å². The molecule has 0 amide bonds. The van der Waals surface area contributed by atoms with Crippen molar-refractivity contribution in [1.82, 2.24) is 29.9 Å². The molecule has 0 atom stereocenters. The van der Waals surface area contributed by atoms with Gasteiger partial charge in [0.15, 0.2) is 0 Å². The van der Waals surface area contributed by atoms with Crippen molar-refractivity contribution in [3.8, 4) is 0 Å². The number of carbonyl (C=O) groups excluding carboxylic acids is 2. The van der Waals surface area contributed by atoms with Crippen LogP contribution >= 0.6 is 63.7 Å². The highest BCUT2D eigenvalue weighted by molar-refractivity contribution is 9.09. The van der Waals surface area contributed by atoms with Gasteiger partial charge in [-0.3, -0.25) is 24.9 Å². The first kappa shape index (κ1) is 60.2. The molecule has 0 saturated carbocycles. The Hall–Kier alpha value is -5.78. The van der Waals surface area contributed by atoms with Crippen LogP contribution in [0.25, 0.3) is 20.9 Å². The number of ether oxygens (including phenoxy) is 2. The number of nitrogens with zero attached hydrogens (tertiary/aromatic N) is 12. The van der Waals surface area contributed by atoms with Crippen molar-refractivity contribution in [2.75, 3.05) is 14.2 Å². The van der Waals surface area contributed by atoms with E-state index in [1.165, 1.54) is 43.7 Å². The molecule has 0 fully saturated rings. The minimum absolute atomic E-state index is 0.00128. The van der Waals surface area contributed by atoms with Crippen LogP contribution in [0, 0.1) is 0 Å². The summed E-state index contributed by atoms with van der Waals surface area (Å²) in [6, 6.07) is 21.4. The summed E-state index contributed by atoms with van der Waals surface area (Å²) in [5.41, 5.74) is 25.5. The Morgan fingerprint density at radius 1 is 0.471 bits per heavy atom. The summed E-state index contributed by atoms with van der Waals surface area (Å²) >= 11 is 13.4. The van der Waals surface area contributed by atoms with Gasteiger partial charge < -0.3 is 29.9 Å². The highest BCUT2D eigenvalue weighted by Crippen LogP contribution is 2.09. The third kappa shape index (κ3) is 25.9. The molecule has 6 heterocycles. The van der Waals surface area contributed by atoms with Crippen LogP contribution in [-0.2, 0) is 70.3 Å². The molecule has 68 heavy (non-hydrogen) atoms. The van der Waals surface area contributed by atoms with E-state index in [0.717, 1.165) is 49.4 Å². The molecule has 0 saturated heterocycles. The van der Waals surface area contributed by atoms with Crippen molar-refractivity contribution in [3.63, 3.8) is 0 Å². The van der Waals surface area contributed by atoms with Crippen LogP contribution in [-0.4, -0.2) is 76.5 Å². The van der Waals surface area contributed by atoms with Gasteiger partial charge in [0.2, 0.25) is 0 Å². The number of halogens is 4. The van der Waals surface area contributed by atoms with Gasteiger partial charge in [0, 0.05) is 74.0 Å². The third-order valence-electron chi connectivity index (χ3n) is 7.89. The first-order chi connectivity index (χ1) is 33.0. The molecule has 6 aromatic rings. The Labute approximate surface area is 426 Å². The van der Waals surface area contributed by atoms with Crippen LogP contribution in [0.5, 0.6) is 0 Å². The van der Waals surface area contributed by atoms with E-state index in [0.29, 0.717) is 22.6 Å². The van der Waals surface area contributed by atoms with Gasteiger partial charge in [-0.15, -0.1) is 0 Å². The second-order valence-electron chi connectivity index (χ2n) is 12.6. The maximum absolute atomic E-state index is 11.0. The first-order valence-electron chi connectivity index (χ1n) is 19.5. The summed E-state index contributed by atoms with van der Waals surface area (Å²) in [6.07, 6.45) is 9.71. The molecule has 0 aromatic carbocycles. The summed E-state index contributed by atoms with van der Waals surface area (Å²) in [5.74, 6) is -1.03. The Bertz CT molecular complexity index is 2040. The maximum Gasteiger partial charge on any atom is 0.356 e. The van der Waals surface area contributed by atoms with E-state index < -0.39 is 11.9 Å². The smallest absolute Gasteiger partial charge is 0.356 e. The van der Waals surface area contributed by atoms with Crippen LogP contribution in [0.15, 0.2) is 120 Å². The minimum Gasteiger partial charge on any atom is -0.465 e. The monoisotopic (exact) mass is 1190 g/mol. The van der Waals surface area contributed by atoms with E-state index in [2.05, 4.69) is 135 Å². The lowest BCUT2D eigenvalue weighted by Gasteiger charge is -2.00. The average Bonchev–Trinajstić information content (AvgIpc) is 3.42. The SMILES string of the molecule is BrCc1ccc(CBr)nc1.BrCc1ccc(CBr)nc1.COC(=O)c1ccc(C(=O)OC)nc1.OCc1ccc(CO)nc1.OCc1ccc(CO)nc1.[N-]=[N+]=NCc1ccc(CN=[N+]=[N-])nc1. The van der Waals surface area contributed by atoms with Gasteiger partial charge in [0.25, 0.3) is 0 Å². The number of azide groups is 2. The predicted molar refractivity (Wildman–Crippen MR) is 268 cm³/mol. The maximum atomic E-state index is 11.0. The number of aromatic nitrogens is 6. The van der Waals surface area contributed by atoms with E-state index >= 15 is 0 Å². The molecule has 360 valence electrons. The number of pyridine rings is 6. The van der Waals surface area contributed by atoms with Gasteiger partial charge in [-0.05, 0) is 81.3 Å². The Morgan fingerprint density at radius 2 is 0.868 bits per heavy atom. The first-order valence-corrected chi connectivity index (χ1v) is 24.0. The topological polar surface area (TPSA) is 308 Å². The second kappa shape index (κ2) is 38.2. The molecule has 0 aliphatic heterocycles. The van der Waals surface area contributed by atoms with Crippen molar-refractivity contribution >= 4 is 75.7 Å². The van der Waals surface area contributed by atoms with Gasteiger partial charge in [0.05, 0.1) is 82.1 Å². The van der Waals surface area contributed by atoms with E-state index in [1.54, 1.807) is 55.0 Å². The lowest BCUT2D eigenvalue weighted by atomic mass is 10.2. The molecule has 6 aromatic heterocycles. The van der Waals surface area contributed by atoms with Crippen molar-refractivity contribution in [3.05, 3.63) is 198 Å². The fourth-order valence-corrected chi connectivity index (χ4v) is 5.55. The molecule has 20 nitrogen and oxygen atoms in total. The summed E-state index contributed by atoms with van der Waals surface area (Å²) in [4.78, 5) is 51.1. The van der Waals surface area contributed by atoms with E-state index in [4.69, 9.17) is 31.5 Å². The number of hydrogen-bond donors (Lipinski definition) is 4. The number of methoxy groups -OCH3 is 2. The molecule has 0 radical (unpaired) electrons. The van der Waals surface area contributed by atoms with E-state index in [1.807, 2.05) is 24.5 Å². The highest BCUT2D eigenvalue weighted by Gasteiger charge is 2.10. The molecule has 6 rings (SSSR count). The standard InChI is InChI=1S/C9H9NO4.2C7H7Br2N.C7H7N7.2C7H9NO2/c1-13-8(11)6-3-4-7(10-5-6)9(12)14-2;2*8-3-6-1-2-7(4-9)10-5-6;8-13-11-4-6-1-2-7(10-3-6)5-12-14-9;2*9-4-6-1-2-7(5-10)8-3-6/h3-5H,1-2H3;2*1-2,5H,3-4H2;1-3H,4-5H2;2*1-3,9-10H,4-5H2. The molecule has 0 bridgehead atoms. The summed E-state index contributed by atoms with van der Waals surface area (Å²) in [5, 5.41) is 44.5. The molecule has 0 spiro atoms. The molecule has 0 unspecified atom stereocenters. The molecular formula is C44H48Br4N12O8. The van der Waals surface area contributed by atoms with E-state index in [9.17, 15) is 9.59 Å². The Balaban J connectivity index is 0.000000411. The molecule has 0 aliphatic carbocycles. The van der Waals surface area contributed by atoms with Crippen LogP contribution in [0.1, 0.15) is 77.1 Å². The van der Waals surface area contributed by atoms with Gasteiger partial charge in [-0.1, -0.05) is 104 Å². The quantitative estimate of drug-likeness (QED) is 0.0260. The summed E-state index contributed by atoms with van der Waals surface area (Å²) in [7, 11) is 2.54. The summed E-state index contributed by atoms with van der Waals surface area (Å²) in [6.45, 7) is 0.415. The third-order valence-corrected chi connectivity index (χ3v) is 10.3. The zero-order valence-corrected chi connectivity index (χ0v) is 43.1. The number of hydrogen-bond acceptors (Lipinski definition) is 16. The van der Waals surface area contributed by atoms with Gasteiger partial charge in [0.1, 0.15) is 5.69 Å². The summed E-state index contributed by atoms with van der Waals surface area (Å²) < 4.78 is 8.91. The van der Waals surface area contributed by atoms with Crippen LogP contribution in [0.3, 0.4) is 0 Å². The molecule has 4 N–H and O–H groups in total. The number of esters is 2. The lowest BCUT2D eigenvalue weighted by molar-refractivity contribution is 0.0581. The van der Waals surface area contributed by atoms with Crippen molar-refractivity contribution in [2.45, 2.75) is 60.8 Å². The van der Waals surface area contributed by atoms with E-state index in [-0.39, 0.29) is 45.2 Å². The normalized spacial score (nSPS) is 9.44. The Morgan fingerprint density at radius 3 is 1.19 bits per heavy atom. The highest BCUT2D eigenvalue weighted by atomic mass is 79.9. The number of aliphatic hydroxyl groups is 4. The van der Waals surface area contributed by atoms with Gasteiger partial charge >= 0.3 is 11.9 Å². The zero-order valence-electron chi connectivity index (χ0n) is 36.8. The number of aliphatic hydroxyl groups excluding tert-OH is 4. The van der Waals surface area contributed by atoms with Crippen molar-refractivity contribution in [1.29, 1.82) is 0 Å². The molecular weight excluding hydrogens is 1140 g/mol. The second-order valence-corrected chi connectivity index (χ2v) is 14.9. The largest absolute Gasteiger partial charge is 0.465 e. The van der Waals surface area contributed by atoms with Gasteiger partial charge in [-0.2, -0.15) is 0 Å². The molecule has 0 aliphatic rings. The lowest BCUT2D eigenvalue weighted by Crippen LogP contribution is -2.07. The fraction of sp³-hybridized carbons (Fsp3) is 0.273. The minimum atomic E-state index is -0.540. The van der Waals surface area contributed by atoms with Crippen LogP contribution in [0.4, 0.5) is 0 Å². The average molecular weight is 1190 g/mol. The fourth-order valence-electron chi connectivity index (χ4n) is 4.23. The zero-order chi connectivity index (χ0) is 50.4.